The molecule has 0 atom stereocenters. The van der Waals surface area contributed by atoms with E-state index < -0.39 is 17.9 Å². The Bertz CT molecular complexity index is 1780. The number of esters is 3. The molecule has 0 saturated heterocycles. The van der Waals surface area contributed by atoms with Crippen LogP contribution in [0.2, 0.25) is 0 Å². The van der Waals surface area contributed by atoms with Crippen LogP contribution in [0.25, 0.3) is 0 Å². The molecule has 0 aliphatic carbocycles. The molecule has 4 aromatic carbocycles. The van der Waals surface area contributed by atoms with Gasteiger partial charge in [0.15, 0.2) is 0 Å². The fourth-order valence-electron chi connectivity index (χ4n) is 5.42. The molecule has 0 aromatic heterocycles. The maximum Gasteiger partial charge on any atom is 0.347 e. The van der Waals surface area contributed by atoms with Crippen LogP contribution in [-0.2, 0) is 0 Å². The van der Waals surface area contributed by atoms with E-state index in [-0.39, 0.29) is 33.9 Å². The van der Waals surface area contributed by atoms with Crippen molar-refractivity contribution in [2.45, 2.75) is 90.9 Å². The lowest BCUT2D eigenvalue weighted by Gasteiger charge is -2.13. The van der Waals surface area contributed by atoms with Crippen LogP contribution in [0.5, 0.6) is 28.7 Å². The Morgan fingerprint density at radius 1 is 0.491 bits per heavy atom. The van der Waals surface area contributed by atoms with Crippen molar-refractivity contribution < 1.29 is 38.1 Å². The molecule has 4 aromatic rings. The molecular weight excluding hydrogens is 670 g/mol. The summed E-state index contributed by atoms with van der Waals surface area (Å²) in [7, 11) is 0. The number of rotatable bonds is 22. The zero-order valence-electron chi connectivity index (χ0n) is 30.8. The van der Waals surface area contributed by atoms with E-state index >= 15 is 0 Å². The Balaban J connectivity index is 1.40. The Hall–Kier alpha value is -5.62. The lowest BCUT2D eigenvalue weighted by Crippen LogP contribution is -2.15. The first kappa shape index (κ1) is 40.2. The van der Waals surface area contributed by atoms with E-state index in [2.05, 4.69) is 13.8 Å². The second kappa shape index (κ2) is 22.3. The fraction of sp³-hybridized carbons (Fsp3) is 0.364. The van der Waals surface area contributed by atoms with Gasteiger partial charge in [-0.05, 0) is 104 Å². The highest BCUT2D eigenvalue weighted by molar-refractivity contribution is 5.98. The zero-order chi connectivity index (χ0) is 37.7. The Morgan fingerprint density at radius 2 is 0.925 bits per heavy atom. The van der Waals surface area contributed by atoms with Crippen LogP contribution in [0, 0.1) is 11.3 Å². The number of ether oxygens (including phenoxy) is 5. The van der Waals surface area contributed by atoms with Gasteiger partial charge in [0.25, 0.3) is 0 Å². The van der Waals surface area contributed by atoms with Crippen molar-refractivity contribution in [1.29, 1.82) is 5.26 Å². The number of nitrogens with zero attached hydrogens (tertiary/aromatic N) is 1. The summed E-state index contributed by atoms with van der Waals surface area (Å²) in [6.45, 7) is 5.59. The first-order valence-electron chi connectivity index (χ1n) is 18.7. The first-order chi connectivity index (χ1) is 25.9. The molecule has 4 rings (SSSR count). The molecule has 0 heterocycles. The average molecular weight is 720 g/mol. The van der Waals surface area contributed by atoms with E-state index in [1.54, 1.807) is 48.5 Å². The summed E-state index contributed by atoms with van der Waals surface area (Å²) in [5, 5.41) is 9.11. The topological polar surface area (TPSA) is 121 Å². The van der Waals surface area contributed by atoms with Gasteiger partial charge in [-0.1, -0.05) is 78.1 Å². The predicted octanol–water partition coefficient (Wildman–Crippen LogP) is 10.7. The molecule has 0 bridgehead atoms. The number of hydrogen-bond acceptors (Lipinski definition) is 9. The number of carbonyl (C=O) groups is 3. The molecule has 9 nitrogen and oxygen atoms in total. The molecule has 278 valence electrons. The van der Waals surface area contributed by atoms with Crippen LogP contribution >= 0.6 is 0 Å². The third-order valence-electron chi connectivity index (χ3n) is 8.49. The van der Waals surface area contributed by atoms with Gasteiger partial charge >= 0.3 is 17.9 Å². The van der Waals surface area contributed by atoms with Crippen LogP contribution in [0.15, 0.2) is 91.0 Å². The normalized spacial score (nSPS) is 10.6. The largest absolute Gasteiger partial charge is 0.494 e. The maximum atomic E-state index is 13.4. The summed E-state index contributed by atoms with van der Waals surface area (Å²) in [6, 6.07) is 25.3. The predicted molar refractivity (Wildman–Crippen MR) is 203 cm³/mol. The molecule has 0 spiro atoms. The van der Waals surface area contributed by atoms with E-state index in [1.807, 2.05) is 6.07 Å². The summed E-state index contributed by atoms with van der Waals surface area (Å²) in [5.41, 5.74) is 0.779. The van der Waals surface area contributed by atoms with Crippen molar-refractivity contribution in [3.8, 4) is 34.8 Å². The zero-order valence-corrected chi connectivity index (χ0v) is 30.8. The van der Waals surface area contributed by atoms with Gasteiger partial charge in [-0.15, -0.1) is 0 Å². The number of unbranched alkanes of at least 4 members (excludes halogenated alkanes) is 10. The third kappa shape index (κ3) is 13.8. The lowest BCUT2D eigenvalue weighted by molar-refractivity contribution is 0.0691. The summed E-state index contributed by atoms with van der Waals surface area (Å²) >= 11 is 0. The number of nitriles is 1. The lowest BCUT2D eigenvalue weighted by atomic mass is 10.1. The molecule has 0 fully saturated rings. The SMILES string of the molecule is CCCCCCCCOc1ccc(C(=O)Oc2ccc(OC(=O)c3ccc(OCCCCCCCC)cc3)c(C(=O)Oc3ccc(C#N)cc3)c2)cc1. The molecule has 0 unspecified atom stereocenters. The third-order valence-corrected chi connectivity index (χ3v) is 8.49. The van der Waals surface area contributed by atoms with Gasteiger partial charge < -0.3 is 23.7 Å². The number of carbonyl (C=O) groups excluding carboxylic acids is 3. The fourth-order valence-corrected chi connectivity index (χ4v) is 5.42. The highest BCUT2D eigenvalue weighted by Crippen LogP contribution is 2.28. The molecule has 0 saturated carbocycles. The molecule has 0 radical (unpaired) electrons. The van der Waals surface area contributed by atoms with Gasteiger partial charge in [0.2, 0.25) is 0 Å². The molecule has 0 amide bonds. The second-order valence-electron chi connectivity index (χ2n) is 12.7. The van der Waals surface area contributed by atoms with Crippen molar-refractivity contribution in [2.75, 3.05) is 13.2 Å². The molecule has 9 heteroatoms. The van der Waals surface area contributed by atoms with Gasteiger partial charge in [0, 0.05) is 0 Å². The van der Waals surface area contributed by atoms with E-state index in [0.717, 1.165) is 25.7 Å². The molecule has 0 aliphatic rings. The highest BCUT2D eigenvalue weighted by atomic mass is 16.6. The average Bonchev–Trinajstić information content (AvgIpc) is 3.18. The standard InChI is InChI=1S/C44H49NO8/c1-3-5-7-9-11-13-29-49-36-23-17-34(18-24-36)42(46)52-39-27-28-41(40(31-39)44(48)51-38-21-15-33(32-45)16-22-38)53-43(47)35-19-25-37(26-20-35)50-30-14-12-10-8-6-4-2/h15-28,31H,3-14,29-30H2,1-2H3. The van der Waals surface area contributed by atoms with Crippen molar-refractivity contribution >= 4 is 17.9 Å². The second-order valence-corrected chi connectivity index (χ2v) is 12.7. The monoisotopic (exact) mass is 719 g/mol. The minimum Gasteiger partial charge on any atom is -0.494 e. The Morgan fingerprint density at radius 3 is 1.43 bits per heavy atom. The van der Waals surface area contributed by atoms with Crippen molar-refractivity contribution in [1.82, 2.24) is 0 Å². The van der Waals surface area contributed by atoms with E-state index in [1.165, 1.54) is 93.8 Å². The number of benzene rings is 4. The summed E-state index contributed by atoms with van der Waals surface area (Å²) < 4.78 is 28.4. The van der Waals surface area contributed by atoms with Gasteiger partial charge in [0.1, 0.15) is 34.3 Å². The van der Waals surface area contributed by atoms with Crippen LogP contribution < -0.4 is 23.7 Å². The smallest absolute Gasteiger partial charge is 0.347 e. The summed E-state index contributed by atoms with van der Waals surface area (Å²) in [6.07, 6.45) is 14.0. The van der Waals surface area contributed by atoms with E-state index in [4.69, 9.17) is 28.9 Å². The van der Waals surface area contributed by atoms with Gasteiger partial charge in [-0.25, -0.2) is 14.4 Å². The van der Waals surface area contributed by atoms with E-state index in [0.29, 0.717) is 30.3 Å². The molecule has 53 heavy (non-hydrogen) atoms. The molecule has 0 N–H and O–H groups in total. The first-order valence-corrected chi connectivity index (χ1v) is 18.7. The van der Waals surface area contributed by atoms with Gasteiger partial charge in [-0.3, -0.25) is 0 Å². The summed E-state index contributed by atoms with van der Waals surface area (Å²) in [5.74, 6) is -0.802. The Labute approximate surface area is 312 Å². The van der Waals surface area contributed by atoms with Crippen molar-refractivity contribution in [3.05, 3.63) is 113 Å². The minimum atomic E-state index is -0.860. The maximum absolute atomic E-state index is 13.4. The molecule has 0 aliphatic heterocycles. The van der Waals surface area contributed by atoms with Crippen LogP contribution in [0.4, 0.5) is 0 Å². The van der Waals surface area contributed by atoms with Crippen molar-refractivity contribution in [3.63, 3.8) is 0 Å². The minimum absolute atomic E-state index is 0.0387. The number of hydrogen-bond donors (Lipinski definition) is 0. The summed E-state index contributed by atoms with van der Waals surface area (Å²) in [4.78, 5) is 39.7. The van der Waals surface area contributed by atoms with Crippen LogP contribution in [-0.4, -0.2) is 31.1 Å². The van der Waals surface area contributed by atoms with Crippen molar-refractivity contribution in [2.24, 2.45) is 0 Å². The van der Waals surface area contributed by atoms with Gasteiger partial charge in [0.05, 0.1) is 36.0 Å². The quantitative estimate of drug-likeness (QED) is 0.0444. The van der Waals surface area contributed by atoms with Crippen LogP contribution in [0.3, 0.4) is 0 Å². The Kier molecular flexibility index (Phi) is 16.9. The highest BCUT2D eigenvalue weighted by Gasteiger charge is 2.21. The van der Waals surface area contributed by atoms with E-state index in [9.17, 15) is 14.4 Å². The van der Waals surface area contributed by atoms with Gasteiger partial charge in [-0.2, -0.15) is 5.26 Å². The molecular formula is C44H49NO8. The van der Waals surface area contributed by atoms with Crippen LogP contribution in [0.1, 0.15) is 128 Å².